The Kier molecular flexibility index (Phi) is 5.20. The lowest BCUT2D eigenvalue weighted by Crippen LogP contribution is -2.43. The number of rotatable bonds is 4. The molecule has 2 aliphatic heterocycles. The Morgan fingerprint density at radius 2 is 1.56 bits per heavy atom. The SMILES string of the molecule is O=C(OCC1c2ccccc2-c2ccccc21)N1C2C=C(c3ccc(C(F)F)cc3)CC1CC2. The Morgan fingerprint density at radius 3 is 2.18 bits per heavy atom. The summed E-state index contributed by atoms with van der Waals surface area (Å²) in [4.78, 5) is 15.1. The summed E-state index contributed by atoms with van der Waals surface area (Å²) in [6, 6.07) is 23.2. The van der Waals surface area contributed by atoms with Gasteiger partial charge in [-0.2, -0.15) is 0 Å². The summed E-state index contributed by atoms with van der Waals surface area (Å²) < 4.78 is 31.7. The standard InChI is InChI=1S/C29H25F2NO2/c30-28(31)19-11-9-18(10-12-19)20-15-21-13-14-22(16-20)32(21)29(33)34-17-27-25-7-3-1-5-23(25)24-6-2-4-8-26(24)27/h1-12,15,21-22,27-28H,13-14,16-17H2. The average molecular weight is 458 g/mol. The van der Waals surface area contributed by atoms with Crippen molar-refractivity contribution in [3.05, 3.63) is 101 Å². The third-order valence-corrected chi connectivity index (χ3v) is 7.48. The first kappa shape index (κ1) is 21.1. The van der Waals surface area contributed by atoms with E-state index in [1.165, 1.54) is 34.4 Å². The predicted molar refractivity (Wildman–Crippen MR) is 128 cm³/mol. The molecule has 2 unspecified atom stereocenters. The van der Waals surface area contributed by atoms with E-state index in [9.17, 15) is 13.6 Å². The number of ether oxygens (including phenoxy) is 1. The zero-order chi connectivity index (χ0) is 23.2. The third kappa shape index (κ3) is 3.51. The molecule has 1 saturated heterocycles. The number of hydrogen-bond acceptors (Lipinski definition) is 2. The van der Waals surface area contributed by atoms with Crippen molar-refractivity contribution < 1.29 is 18.3 Å². The summed E-state index contributed by atoms with van der Waals surface area (Å²) >= 11 is 0. The quantitative estimate of drug-likeness (QED) is 0.415. The van der Waals surface area contributed by atoms with Gasteiger partial charge in [0.2, 0.25) is 0 Å². The molecule has 0 aromatic heterocycles. The maximum Gasteiger partial charge on any atom is 0.410 e. The van der Waals surface area contributed by atoms with E-state index in [2.05, 4.69) is 30.3 Å². The minimum absolute atomic E-state index is 0.0147. The van der Waals surface area contributed by atoms with Crippen LogP contribution in [0.5, 0.6) is 0 Å². The normalized spacial score (nSPS) is 20.8. The van der Waals surface area contributed by atoms with E-state index in [0.717, 1.165) is 24.0 Å². The van der Waals surface area contributed by atoms with Crippen LogP contribution in [-0.4, -0.2) is 29.7 Å². The van der Waals surface area contributed by atoms with Gasteiger partial charge in [-0.3, -0.25) is 4.90 Å². The molecule has 0 radical (unpaired) electrons. The minimum atomic E-state index is -2.46. The molecule has 3 aromatic carbocycles. The molecule has 0 N–H and O–H groups in total. The second-order valence-corrected chi connectivity index (χ2v) is 9.33. The zero-order valence-electron chi connectivity index (χ0n) is 18.7. The van der Waals surface area contributed by atoms with Crippen LogP contribution in [0.1, 0.15) is 53.9 Å². The molecule has 1 amide bonds. The Labute approximate surface area is 197 Å². The molecule has 3 aromatic rings. The largest absolute Gasteiger partial charge is 0.448 e. The minimum Gasteiger partial charge on any atom is -0.448 e. The van der Waals surface area contributed by atoms with Crippen molar-refractivity contribution in [3.8, 4) is 11.1 Å². The Hall–Kier alpha value is -3.47. The monoisotopic (exact) mass is 457 g/mol. The summed E-state index contributed by atoms with van der Waals surface area (Å²) in [7, 11) is 0. The number of fused-ring (bicyclic) bond motifs is 5. The van der Waals surface area contributed by atoms with Gasteiger partial charge in [0.05, 0.1) is 6.04 Å². The van der Waals surface area contributed by atoms with Crippen molar-refractivity contribution in [2.45, 2.75) is 43.7 Å². The van der Waals surface area contributed by atoms with Crippen molar-refractivity contribution in [1.29, 1.82) is 0 Å². The van der Waals surface area contributed by atoms with Crippen LogP contribution in [0.3, 0.4) is 0 Å². The van der Waals surface area contributed by atoms with Gasteiger partial charge in [0, 0.05) is 17.5 Å². The molecule has 3 aliphatic rings. The van der Waals surface area contributed by atoms with Gasteiger partial charge in [-0.05, 0) is 52.7 Å². The van der Waals surface area contributed by atoms with Gasteiger partial charge in [0.25, 0.3) is 6.43 Å². The first-order valence-corrected chi connectivity index (χ1v) is 11.8. The van der Waals surface area contributed by atoms with E-state index in [1.807, 2.05) is 29.2 Å². The number of alkyl halides is 2. The van der Waals surface area contributed by atoms with Crippen LogP contribution in [0.4, 0.5) is 13.6 Å². The fourth-order valence-corrected chi connectivity index (χ4v) is 5.84. The van der Waals surface area contributed by atoms with Gasteiger partial charge in [-0.25, -0.2) is 13.6 Å². The average Bonchev–Trinajstić information content (AvgIpc) is 3.33. The number of carbonyl (C=O) groups is 1. The van der Waals surface area contributed by atoms with Gasteiger partial charge >= 0.3 is 6.09 Å². The molecule has 2 atom stereocenters. The second-order valence-electron chi connectivity index (χ2n) is 9.33. The van der Waals surface area contributed by atoms with Crippen molar-refractivity contribution in [3.63, 3.8) is 0 Å². The lowest BCUT2D eigenvalue weighted by atomic mass is 9.94. The highest BCUT2D eigenvalue weighted by Crippen LogP contribution is 2.45. The highest BCUT2D eigenvalue weighted by atomic mass is 19.3. The molecular weight excluding hydrogens is 432 g/mol. The number of amides is 1. The molecule has 34 heavy (non-hydrogen) atoms. The van der Waals surface area contributed by atoms with Crippen molar-refractivity contribution in [1.82, 2.24) is 4.90 Å². The zero-order valence-corrected chi connectivity index (χ0v) is 18.7. The first-order valence-electron chi connectivity index (χ1n) is 11.8. The van der Waals surface area contributed by atoms with Crippen LogP contribution >= 0.6 is 0 Å². The molecular formula is C29H25F2NO2. The van der Waals surface area contributed by atoms with Crippen molar-refractivity contribution in [2.24, 2.45) is 0 Å². The van der Waals surface area contributed by atoms with Gasteiger partial charge in [0.1, 0.15) is 6.61 Å². The fourth-order valence-electron chi connectivity index (χ4n) is 5.84. The highest BCUT2D eigenvalue weighted by molar-refractivity contribution is 5.79. The van der Waals surface area contributed by atoms with Crippen LogP contribution in [0.15, 0.2) is 78.9 Å². The van der Waals surface area contributed by atoms with E-state index in [0.29, 0.717) is 13.0 Å². The molecule has 5 heteroatoms. The van der Waals surface area contributed by atoms with E-state index in [1.54, 1.807) is 12.1 Å². The van der Waals surface area contributed by atoms with Crippen LogP contribution in [0.25, 0.3) is 16.7 Å². The number of hydrogen-bond donors (Lipinski definition) is 0. The maximum atomic E-state index is 13.2. The van der Waals surface area contributed by atoms with E-state index >= 15 is 0 Å². The predicted octanol–water partition coefficient (Wildman–Crippen LogP) is 7.19. The maximum absolute atomic E-state index is 13.2. The van der Waals surface area contributed by atoms with Crippen LogP contribution < -0.4 is 0 Å². The fraction of sp³-hybridized carbons (Fsp3) is 0.276. The molecule has 2 bridgehead atoms. The summed E-state index contributed by atoms with van der Waals surface area (Å²) in [6.45, 7) is 0.314. The Morgan fingerprint density at radius 1 is 0.912 bits per heavy atom. The summed E-state index contributed by atoms with van der Waals surface area (Å²) in [5.74, 6) is 0.0400. The number of halogens is 2. The van der Waals surface area contributed by atoms with Gasteiger partial charge in [0.15, 0.2) is 0 Å². The van der Waals surface area contributed by atoms with Crippen molar-refractivity contribution in [2.75, 3.05) is 6.61 Å². The summed E-state index contributed by atoms with van der Waals surface area (Å²) in [6.07, 6.45) is 1.92. The second kappa shape index (κ2) is 8.39. The van der Waals surface area contributed by atoms with Gasteiger partial charge in [-0.15, -0.1) is 0 Å². The van der Waals surface area contributed by atoms with Gasteiger partial charge in [-0.1, -0.05) is 78.9 Å². The van der Waals surface area contributed by atoms with Crippen LogP contribution in [-0.2, 0) is 4.74 Å². The van der Waals surface area contributed by atoms with Crippen LogP contribution in [0, 0.1) is 0 Å². The summed E-state index contributed by atoms with van der Waals surface area (Å²) in [5, 5.41) is 0. The molecule has 6 rings (SSSR count). The first-order chi connectivity index (χ1) is 16.6. The lowest BCUT2D eigenvalue weighted by Gasteiger charge is -2.33. The van der Waals surface area contributed by atoms with E-state index in [-0.39, 0.29) is 29.7 Å². The Bertz CT molecular complexity index is 1220. The third-order valence-electron chi connectivity index (χ3n) is 7.48. The lowest BCUT2D eigenvalue weighted by molar-refractivity contribution is 0.0866. The van der Waals surface area contributed by atoms with E-state index < -0.39 is 6.43 Å². The van der Waals surface area contributed by atoms with E-state index in [4.69, 9.17) is 4.74 Å². The van der Waals surface area contributed by atoms with Gasteiger partial charge < -0.3 is 4.74 Å². The summed E-state index contributed by atoms with van der Waals surface area (Å²) in [5.41, 5.74) is 6.93. The van der Waals surface area contributed by atoms with Crippen LogP contribution in [0.2, 0.25) is 0 Å². The number of benzene rings is 3. The molecule has 1 fully saturated rings. The smallest absolute Gasteiger partial charge is 0.410 e. The molecule has 1 aliphatic carbocycles. The molecule has 172 valence electrons. The number of carbonyl (C=O) groups excluding carboxylic acids is 1. The highest BCUT2D eigenvalue weighted by Gasteiger charge is 2.41. The van der Waals surface area contributed by atoms with Crippen molar-refractivity contribution >= 4 is 11.7 Å². The Balaban J connectivity index is 1.18. The molecule has 0 saturated carbocycles. The topological polar surface area (TPSA) is 29.5 Å². The number of nitrogens with zero attached hydrogens (tertiary/aromatic N) is 1. The molecule has 0 spiro atoms. The molecule has 2 heterocycles. The molecule has 3 nitrogen and oxygen atoms in total.